The predicted molar refractivity (Wildman–Crippen MR) is 56.5 cm³/mol. The standard InChI is InChI=1S/C12H16O2/c1-4-12(14)11-6-5-10(7-13)8(2)9(11)3/h5-6,13H,4,7H2,1-3H3. The summed E-state index contributed by atoms with van der Waals surface area (Å²) in [5.41, 5.74) is 3.69. The van der Waals surface area contributed by atoms with E-state index in [1.165, 1.54) is 0 Å². The summed E-state index contributed by atoms with van der Waals surface area (Å²) in [6.45, 7) is 5.76. The van der Waals surface area contributed by atoms with E-state index in [1.54, 1.807) is 6.07 Å². The Bertz CT molecular complexity index is 354. The second-order valence-corrected chi connectivity index (χ2v) is 3.46. The zero-order valence-corrected chi connectivity index (χ0v) is 8.92. The van der Waals surface area contributed by atoms with Crippen molar-refractivity contribution in [3.05, 3.63) is 34.4 Å². The predicted octanol–water partition coefficient (Wildman–Crippen LogP) is 2.39. The lowest BCUT2D eigenvalue weighted by molar-refractivity contribution is 0.0987. The Morgan fingerprint density at radius 2 is 1.93 bits per heavy atom. The molecule has 0 heterocycles. The van der Waals surface area contributed by atoms with Crippen LogP contribution in [-0.4, -0.2) is 10.9 Å². The summed E-state index contributed by atoms with van der Waals surface area (Å²) in [5.74, 6) is 0.162. The summed E-state index contributed by atoms with van der Waals surface area (Å²) < 4.78 is 0. The van der Waals surface area contributed by atoms with Crippen molar-refractivity contribution < 1.29 is 9.90 Å². The van der Waals surface area contributed by atoms with Crippen LogP contribution >= 0.6 is 0 Å². The fourth-order valence-corrected chi connectivity index (χ4v) is 1.54. The maximum atomic E-state index is 11.5. The molecule has 0 fully saturated rings. The number of aliphatic hydroxyl groups excluding tert-OH is 1. The van der Waals surface area contributed by atoms with Crippen LogP contribution in [0.1, 0.15) is 40.4 Å². The third-order valence-electron chi connectivity index (χ3n) is 2.69. The number of benzene rings is 1. The highest BCUT2D eigenvalue weighted by Crippen LogP contribution is 2.19. The molecule has 0 amide bonds. The fraction of sp³-hybridized carbons (Fsp3) is 0.417. The van der Waals surface area contributed by atoms with Gasteiger partial charge in [0.05, 0.1) is 6.61 Å². The van der Waals surface area contributed by atoms with Crippen LogP contribution in [0.5, 0.6) is 0 Å². The normalized spacial score (nSPS) is 10.3. The van der Waals surface area contributed by atoms with Gasteiger partial charge >= 0.3 is 0 Å². The van der Waals surface area contributed by atoms with Gasteiger partial charge in [-0.15, -0.1) is 0 Å². The lowest BCUT2D eigenvalue weighted by atomic mass is 9.95. The lowest BCUT2D eigenvalue weighted by Crippen LogP contribution is -2.03. The van der Waals surface area contributed by atoms with Crippen molar-refractivity contribution in [1.82, 2.24) is 0 Å². The zero-order valence-electron chi connectivity index (χ0n) is 8.92. The molecule has 0 spiro atoms. The van der Waals surface area contributed by atoms with E-state index in [4.69, 9.17) is 5.11 Å². The van der Waals surface area contributed by atoms with Crippen LogP contribution in [0.25, 0.3) is 0 Å². The van der Waals surface area contributed by atoms with Gasteiger partial charge in [0.25, 0.3) is 0 Å². The van der Waals surface area contributed by atoms with Crippen molar-refractivity contribution in [2.24, 2.45) is 0 Å². The van der Waals surface area contributed by atoms with Crippen LogP contribution in [0.4, 0.5) is 0 Å². The van der Waals surface area contributed by atoms with Gasteiger partial charge in [-0.05, 0) is 30.5 Å². The molecule has 0 radical (unpaired) electrons. The number of carbonyl (C=O) groups excluding carboxylic acids is 1. The molecular formula is C12H16O2. The van der Waals surface area contributed by atoms with Crippen molar-refractivity contribution in [2.75, 3.05) is 0 Å². The summed E-state index contributed by atoms with van der Waals surface area (Å²) in [6.07, 6.45) is 0.527. The average Bonchev–Trinajstić information content (AvgIpc) is 2.21. The van der Waals surface area contributed by atoms with Gasteiger partial charge in [-0.3, -0.25) is 4.79 Å². The Labute approximate surface area is 84.6 Å². The van der Waals surface area contributed by atoms with E-state index in [9.17, 15) is 4.79 Å². The Morgan fingerprint density at radius 3 is 2.43 bits per heavy atom. The van der Waals surface area contributed by atoms with Crippen LogP contribution in [0, 0.1) is 13.8 Å². The molecule has 0 unspecified atom stereocenters. The molecule has 1 N–H and O–H groups in total. The molecule has 0 saturated heterocycles. The van der Waals surface area contributed by atoms with E-state index in [0.717, 1.165) is 22.3 Å². The highest BCUT2D eigenvalue weighted by molar-refractivity contribution is 5.97. The van der Waals surface area contributed by atoms with Crippen molar-refractivity contribution in [3.8, 4) is 0 Å². The van der Waals surface area contributed by atoms with E-state index in [2.05, 4.69) is 0 Å². The highest BCUT2D eigenvalue weighted by atomic mass is 16.3. The van der Waals surface area contributed by atoms with Crippen LogP contribution in [0.3, 0.4) is 0 Å². The summed E-state index contributed by atoms with van der Waals surface area (Å²) in [7, 11) is 0. The smallest absolute Gasteiger partial charge is 0.162 e. The van der Waals surface area contributed by atoms with Crippen molar-refractivity contribution in [3.63, 3.8) is 0 Å². The van der Waals surface area contributed by atoms with Gasteiger partial charge in [-0.1, -0.05) is 19.1 Å². The van der Waals surface area contributed by atoms with E-state index < -0.39 is 0 Å². The first kappa shape index (κ1) is 10.9. The number of Topliss-reactive ketones (excluding diaryl/α,β-unsaturated/α-hetero) is 1. The summed E-state index contributed by atoms with van der Waals surface area (Å²) in [5, 5.41) is 9.04. The van der Waals surface area contributed by atoms with Crippen molar-refractivity contribution in [1.29, 1.82) is 0 Å². The largest absolute Gasteiger partial charge is 0.392 e. The molecular weight excluding hydrogens is 176 g/mol. The topological polar surface area (TPSA) is 37.3 Å². The first-order chi connectivity index (χ1) is 6.61. The Hall–Kier alpha value is -1.15. The second-order valence-electron chi connectivity index (χ2n) is 3.46. The number of aliphatic hydroxyl groups is 1. The molecule has 1 aromatic carbocycles. The van der Waals surface area contributed by atoms with E-state index >= 15 is 0 Å². The maximum absolute atomic E-state index is 11.5. The van der Waals surface area contributed by atoms with Crippen LogP contribution in [-0.2, 0) is 6.61 Å². The molecule has 0 aromatic heterocycles. The molecule has 0 bridgehead atoms. The van der Waals surface area contributed by atoms with E-state index in [0.29, 0.717) is 6.42 Å². The number of carbonyl (C=O) groups is 1. The zero-order chi connectivity index (χ0) is 10.7. The average molecular weight is 192 g/mol. The summed E-state index contributed by atoms with van der Waals surface area (Å²) in [6, 6.07) is 3.63. The van der Waals surface area contributed by atoms with Gasteiger partial charge in [0.2, 0.25) is 0 Å². The Morgan fingerprint density at radius 1 is 1.29 bits per heavy atom. The molecule has 1 rings (SSSR count). The monoisotopic (exact) mass is 192 g/mol. The molecule has 1 aromatic rings. The number of ketones is 1. The molecule has 0 atom stereocenters. The Kier molecular flexibility index (Phi) is 3.42. The van der Waals surface area contributed by atoms with Gasteiger partial charge in [-0.25, -0.2) is 0 Å². The van der Waals surface area contributed by atoms with Crippen molar-refractivity contribution in [2.45, 2.75) is 33.8 Å². The van der Waals surface area contributed by atoms with Gasteiger partial charge < -0.3 is 5.11 Å². The van der Waals surface area contributed by atoms with Gasteiger partial charge in [0, 0.05) is 12.0 Å². The van der Waals surface area contributed by atoms with E-state index in [-0.39, 0.29) is 12.4 Å². The van der Waals surface area contributed by atoms with Crippen LogP contribution < -0.4 is 0 Å². The minimum atomic E-state index is 0.0350. The summed E-state index contributed by atoms with van der Waals surface area (Å²) >= 11 is 0. The molecule has 0 aliphatic carbocycles. The number of hydrogen-bond donors (Lipinski definition) is 1. The van der Waals surface area contributed by atoms with Crippen LogP contribution in [0.15, 0.2) is 12.1 Å². The highest BCUT2D eigenvalue weighted by Gasteiger charge is 2.10. The Balaban J connectivity index is 3.24. The quantitative estimate of drug-likeness (QED) is 0.746. The SMILES string of the molecule is CCC(=O)c1ccc(CO)c(C)c1C. The third kappa shape index (κ3) is 1.85. The van der Waals surface area contributed by atoms with Crippen LogP contribution in [0.2, 0.25) is 0 Å². The molecule has 2 nitrogen and oxygen atoms in total. The molecule has 2 heteroatoms. The minimum Gasteiger partial charge on any atom is -0.392 e. The molecule has 76 valence electrons. The molecule has 14 heavy (non-hydrogen) atoms. The number of hydrogen-bond acceptors (Lipinski definition) is 2. The van der Waals surface area contributed by atoms with Crippen molar-refractivity contribution >= 4 is 5.78 Å². The first-order valence-electron chi connectivity index (χ1n) is 4.85. The second kappa shape index (κ2) is 4.38. The lowest BCUT2D eigenvalue weighted by Gasteiger charge is -2.10. The van der Waals surface area contributed by atoms with E-state index in [1.807, 2.05) is 26.8 Å². The van der Waals surface area contributed by atoms with Gasteiger partial charge in [0.15, 0.2) is 5.78 Å². The molecule has 0 aliphatic rings. The maximum Gasteiger partial charge on any atom is 0.162 e. The first-order valence-corrected chi connectivity index (χ1v) is 4.85. The third-order valence-corrected chi connectivity index (χ3v) is 2.69. The van der Waals surface area contributed by atoms with Gasteiger partial charge in [0.1, 0.15) is 0 Å². The minimum absolute atomic E-state index is 0.0350. The fourth-order valence-electron chi connectivity index (χ4n) is 1.54. The van der Waals surface area contributed by atoms with Gasteiger partial charge in [-0.2, -0.15) is 0 Å². The number of rotatable bonds is 3. The summed E-state index contributed by atoms with van der Waals surface area (Å²) in [4.78, 5) is 11.5. The molecule has 0 aliphatic heterocycles. The molecule has 0 saturated carbocycles.